The number of benzene rings is 3. The van der Waals surface area contributed by atoms with Gasteiger partial charge in [0.25, 0.3) is 11.8 Å². The van der Waals surface area contributed by atoms with E-state index in [0.29, 0.717) is 40.2 Å². The van der Waals surface area contributed by atoms with E-state index in [1.807, 2.05) is 25.1 Å². The van der Waals surface area contributed by atoms with Crippen molar-refractivity contribution in [3.8, 4) is 11.5 Å². The number of ether oxygens (including phenoxy) is 2. The minimum Gasteiger partial charge on any atom is -0.490 e. The van der Waals surface area contributed by atoms with Crippen LogP contribution in [0.1, 0.15) is 45.1 Å². The number of thiocarbonyl (C=S) groups is 1. The van der Waals surface area contributed by atoms with E-state index in [1.165, 1.54) is 16.7 Å². The molecule has 1 fully saturated rings. The highest BCUT2D eigenvalue weighted by atomic mass is 35.5. The molecule has 1 aliphatic rings. The highest BCUT2D eigenvalue weighted by Crippen LogP contribution is 2.35. The number of thioether (sulfide) groups is 1. The van der Waals surface area contributed by atoms with Crippen LogP contribution in [0.15, 0.2) is 59.5 Å². The van der Waals surface area contributed by atoms with Crippen LogP contribution in [0.3, 0.4) is 0 Å². The zero-order chi connectivity index (χ0) is 27.4. The first kappa shape index (κ1) is 27.7. The van der Waals surface area contributed by atoms with E-state index in [-0.39, 0.29) is 4.32 Å². The maximum absolute atomic E-state index is 13.0. The van der Waals surface area contributed by atoms with Crippen LogP contribution in [-0.4, -0.2) is 27.8 Å². The molecule has 1 heterocycles. The van der Waals surface area contributed by atoms with Crippen molar-refractivity contribution in [3.63, 3.8) is 0 Å². The molecule has 9 heteroatoms. The van der Waals surface area contributed by atoms with Gasteiger partial charge in [0.1, 0.15) is 6.61 Å². The average molecular weight is 567 g/mol. The van der Waals surface area contributed by atoms with E-state index in [0.717, 1.165) is 27.9 Å². The number of halogens is 1. The van der Waals surface area contributed by atoms with E-state index < -0.39 is 11.8 Å². The lowest BCUT2D eigenvalue weighted by Crippen LogP contribution is -2.44. The third-order valence-corrected chi connectivity index (χ3v) is 7.57. The molecule has 0 aliphatic carbocycles. The van der Waals surface area contributed by atoms with Crippen molar-refractivity contribution < 1.29 is 19.1 Å². The Balaban J connectivity index is 1.49. The summed E-state index contributed by atoms with van der Waals surface area (Å²) in [6.07, 6.45) is 1.72. The van der Waals surface area contributed by atoms with Crippen molar-refractivity contribution >= 4 is 57.8 Å². The third kappa shape index (κ3) is 6.38. The largest absolute Gasteiger partial charge is 0.490 e. The molecule has 0 spiro atoms. The van der Waals surface area contributed by atoms with Gasteiger partial charge < -0.3 is 9.47 Å². The minimum atomic E-state index is -0.460. The van der Waals surface area contributed by atoms with Crippen LogP contribution in [-0.2, 0) is 11.4 Å². The second kappa shape index (κ2) is 12.0. The summed E-state index contributed by atoms with van der Waals surface area (Å²) in [6.45, 7) is 9.04. The molecular formula is C29H27ClN2O4S2. The van der Waals surface area contributed by atoms with Gasteiger partial charge in [-0.15, -0.1) is 0 Å². The second-order valence-corrected chi connectivity index (χ2v) is 10.9. The van der Waals surface area contributed by atoms with Crippen molar-refractivity contribution in [1.29, 1.82) is 0 Å². The van der Waals surface area contributed by atoms with Crippen molar-refractivity contribution in [2.24, 2.45) is 0 Å². The number of hydrazine groups is 1. The molecule has 3 aromatic rings. The third-order valence-electron chi connectivity index (χ3n) is 6.01. The predicted molar refractivity (Wildman–Crippen MR) is 157 cm³/mol. The Morgan fingerprint density at radius 2 is 1.71 bits per heavy atom. The second-order valence-electron chi connectivity index (χ2n) is 8.76. The van der Waals surface area contributed by atoms with E-state index in [9.17, 15) is 9.59 Å². The minimum absolute atomic E-state index is 0.234. The number of carbonyl (C=O) groups is 2. The first-order valence-corrected chi connectivity index (χ1v) is 13.6. The van der Waals surface area contributed by atoms with E-state index in [4.69, 9.17) is 33.3 Å². The normalized spacial score (nSPS) is 14.2. The van der Waals surface area contributed by atoms with E-state index >= 15 is 0 Å². The van der Waals surface area contributed by atoms with Crippen molar-refractivity contribution in [2.45, 2.75) is 34.3 Å². The maximum atomic E-state index is 13.0. The van der Waals surface area contributed by atoms with Gasteiger partial charge in [0.2, 0.25) is 0 Å². The van der Waals surface area contributed by atoms with Crippen LogP contribution in [0.5, 0.6) is 11.5 Å². The molecule has 4 rings (SSSR count). The van der Waals surface area contributed by atoms with Gasteiger partial charge in [0.05, 0.1) is 11.5 Å². The van der Waals surface area contributed by atoms with Crippen molar-refractivity contribution in [1.82, 2.24) is 10.4 Å². The fourth-order valence-corrected chi connectivity index (χ4v) is 5.12. The number of nitrogens with one attached hydrogen (secondary N) is 1. The fraction of sp³-hybridized carbons (Fsp3) is 0.207. The average Bonchev–Trinajstić information content (AvgIpc) is 3.14. The Morgan fingerprint density at radius 1 is 1.00 bits per heavy atom. The summed E-state index contributed by atoms with van der Waals surface area (Å²) in [5.41, 5.74) is 8.43. The first-order valence-electron chi connectivity index (χ1n) is 12.0. The van der Waals surface area contributed by atoms with Gasteiger partial charge in [-0.2, -0.15) is 5.01 Å². The Hall–Kier alpha value is -3.33. The summed E-state index contributed by atoms with van der Waals surface area (Å²) in [7, 11) is 0. The standard InChI is InChI=1S/C29H27ClN2O4S2/c1-5-35-25-14-20(6-11-24(25)36-16-22-13-18(3)17(2)12-19(22)4)15-26-28(34)32(29(37)38-26)31-27(33)21-7-9-23(30)10-8-21/h6-15H,5,16H2,1-4H3,(H,31,33)/b26-15+. The van der Waals surface area contributed by atoms with Crippen LogP contribution in [0, 0.1) is 20.8 Å². The summed E-state index contributed by atoms with van der Waals surface area (Å²) in [5, 5.41) is 1.59. The van der Waals surface area contributed by atoms with Gasteiger partial charge in [-0.3, -0.25) is 15.0 Å². The van der Waals surface area contributed by atoms with Gasteiger partial charge in [-0.05, 0) is 110 Å². The summed E-state index contributed by atoms with van der Waals surface area (Å²) in [6, 6.07) is 16.2. The molecule has 0 unspecified atom stereocenters. The molecule has 0 aromatic heterocycles. The number of carbonyl (C=O) groups excluding carboxylic acids is 2. The van der Waals surface area contributed by atoms with Crippen molar-refractivity contribution in [3.05, 3.63) is 97.9 Å². The van der Waals surface area contributed by atoms with Crippen LogP contribution in [0.4, 0.5) is 0 Å². The van der Waals surface area contributed by atoms with Crippen molar-refractivity contribution in [2.75, 3.05) is 6.61 Å². The van der Waals surface area contributed by atoms with Gasteiger partial charge in [-0.1, -0.05) is 41.6 Å². The number of aryl methyl sites for hydroxylation is 3. The topological polar surface area (TPSA) is 67.9 Å². The van der Waals surface area contributed by atoms with E-state index in [2.05, 4.69) is 38.3 Å². The molecule has 1 aliphatic heterocycles. The van der Waals surface area contributed by atoms with Gasteiger partial charge >= 0.3 is 0 Å². The molecule has 1 saturated heterocycles. The zero-order valence-corrected chi connectivity index (χ0v) is 23.9. The molecule has 0 radical (unpaired) electrons. The first-order chi connectivity index (χ1) is 18.2. The number of rotatable bonds is 8. The molecule has 6 nitrogen and oxygen atoms in total. The molecule has 38 heavy (non-hydrogen) atoms. The van der Waals surface area contributed by atoms with Crippen LogP contribution >= 0.6 is 35.6 Å². The molecule has 196 valence electrons. The molecule has 0 bridgehead atoms. The number of nitrogens with zero attached hydrogens (tertiary/aromatic N) is 1. The molecule has 0 saturated carbocycles. The zero-order valence-electron chi connectivity index (χ0n) is 21.5. The van der Waals surface area contributed by atoms with Gasteiger partial charge in [-0.25, -0.2) is 0 Å². The number of hydrogen-bond acceptors (Lipinski definition) is 6. The maximum Gasteiger partial charge on any atom is 0.285 e. The van der Waals surface area contributed by atoms with Crippen LogP contribution in [0.25, 0.3) is 6.08 Å². The summed E-state index contributed by atoms with van der Waals surface area (Å²) >= 11 is 12.3. The highest BCUT2D eigenvalue weighted by Gasteiger charge is 2.33. The summed E-state index contributed by atoms with van der Waals surface area (Å²) in [4.78, 5) is 26.0. The van der Waals surface area contributed by atoms with Gasteiger partial charge in [0.15, 0.2) is 15.8 Å². The molecule has 1 N–H and O–H groups in total. The van der Waals surface area contributed by atoms with Gasteiger partial charge in [0, 0.05) is 10.6 Å². The number of hydrogen-bond donors (Lipinski definition) is 1. The molecule has 0 atom stereocenters. The predicted octanol–water partition coefficient (Wildman–Crippen LogP) is 6.79. The Morgan fingerprint density at radius 3 is 2.42 bits per heavy atom. The molecule has 3 aromatic carbocycles. The Bertz CT molecular complexity index is 1440. The highest BCUT2D eigenvalue weighted by molar-refractivity contribution is 8.26. The summed E-state index contributed by atoms with van der Waals surface area (Å²) in [5.74, 6) is 0.322. The lowest BCUT2D eigenvalue weighted by atomic mass is 10.0. The Kier molecular flexibility index (Phi) is 8.76. The number of amides is 2. The Labute approximate surface area is 236 Å². The lowest BCUT2D eigenvalue weighted by Gasteiger charge is -2.15. The van der Waals surface area contributed by atoms with Crippen LogP contribution < -0.4 is 14.9 Å². The van der Waals surface area contributed by atoms with Crippen LogP contribution in [0.2, 0.25) is 5.02 Å². The lowest BCUT2D eigenvalue weighted by molar-refractivity contribution is -0.123. The molecular weight excluding hydrogens is 540 g/mol. The van der Waals surface area contributed by atoms with E-state index in [1.54, 1.807) is 30.3 Å². The fourth-order valence-electron chi connectivity index (χ4n) is 3.82. The SMILES string of the molecule is CCOc1cc(/C=C2/SC(=S)N(NC(=O)c3ccc(Cl)cc3)C2=O)ccc1OCc1cc(C)c(C)cc1C. The molecule has 2 amide bonds. The smallest absolute Gasteiger partial charge is 0.285 e. The monoisotopic (exact) mass is 566 g/mol. The summed E-state index contributed by atoms with van der Waals surface area (Å²) < 4.78 is 12.2. The quantitative estimate of drug-likeness (QED) is 0.239.